The van der Waals surface area contributed by atoms with Crippen LogP contribution in [-0.2, 0) is 31.1 Å². The predicted molar refractivity (Wildman–Crippen MR) is 379 cm³/mol. The molecule has 4 aromatic rings. The highest BCUT2D eigenvalue weighted by molar-refractivity contribution is 7.86. The van der Waals surface area contributed by atoms with Crippen LogP contribution in [0.4, 0.5) is 11.4 Å². The van der Waals surface area contributed by atoms with Crippen molar-refractivity contribution >= 4 is 60.4 Å². The molecule has 4 aromatic carbocycles. The van der Waals surface area contributed by atoms with Crippen molar-refractivity contribution in [2.24, 2.45) is 0 Å². The molecule has 2 N–H and O–H groups in total. The minimum atomic E-state index is -4.01. The van der Waals surface area contributed by atoms with E-state index >= 15 is 0 Å². The molecule has 8 nitrogen and oxygen atoms in total. The molecule has 2 heterocycles. The van der Waals surface area contributed by atoms with Gasteiger partial charge in [0.1, 0.15) is 0 Å². The van der Waals surface area contributed by atoms with E-state index < -0.39 is 27.5 Å². The number of benzene rings is 4. The lowest BCUT2D eigenvalue weighted by molar-refractivity contribution is 0.468. The van der Waals surface area contributed by atoms with Gasteiger partial charge >= 0.3 is 0 Å². The molecule has 2 aliphatic heterocycles. The van der Waals surface area contributed by atoms with Gasteiger partial charge in [-0.15, -0.1) is 0 Å². The fourth-order valence-electron chi connectivity index (χ4n) is 14.0. The van der Waals surface area contributed by atoms with Crippen molar-refractivity contribution in [2.45, 2.75) is 252 Å². The van der Waals surface area contributed by atoms with Gasteiger partial charge in [0.25, 0.3) is 20.2 Å². The topological polar surface area (TPSA) is 115 Å². The molecule has 2 aliphatic rings. The molecule has 0 bridgehead atoms. The molecule has 0 saturated heterocycles. The first-order valence-corrected chi connectivity index (χ1v) is 40.1. The highest BCUT2D eigenvalue weighted by Gasteiger charge is 2.44. The summed E-state index contributed by atoms with van der Waals surface area (Å²) in [6, 6.07) is 25.5. The lowest BCUT2D eigenvalue weighted by Gasteiger charge is -2.32. The van der Waals surface area contributed by atoms with E-state index in [0.717, 1.165) is 17.1 Å². The van der Waals surface area contributed by atoms with Crippen LogP contribution in [0.15, 0.2) is 121 Å². The quantitative estimate of drug-likeness (QED) is 0.0195. The number of hydrogen-bond acceptors (Lipinski definition) is 6. The fraction of sp³-hybridized carbons (Fsp3) is 0.627. The molecule has 0 aromatic heterocycles. The summed E-state index contributed by atoms with van der Waals surface area (Å²) in [7, 11) is -8.71. The summed E-state index contributed by atoms with van der Waals surface area (Å²) in [5, 5.41) is 4.79. The van der Waals surface area contributed by atoms with Gasteiger partial charge in [-0.1, -0.05) is 255 Å². The standard InChI is InChI=1S/C43H50N2O6S2.C32H68P/c1-42(2)38(44(28-14-16-30-52(46,47)48)36-26-24-32-18-10-12-20-34(32)40(36)42)22-8-6-5-7-9-23-39-43(3,4)41-35-21-13-11-19-33(35)25-27-37(41)45(39)29-15-17-31-53(49,50)51;1-5-9-13-17-18-19-20-21-22-23-24-28-32-33(29-25-14-10-6-2,30-26-15-11-7-3)31-27-16-12-8-4/h5-13,18-27,38H,14-17,28-31H2,1-4H3,(H,46,47,48)(H,49,50,51);5-32H2,1-4H3/q;+1. The maximum atomic E-state index is 11.4. The normalized spacial score (nSPS) is 16.4. The van der Waals surface area contributed by atoms with Gasteiger partial charge < -0.3 is 9.80 Å². The Kier molecular flexibility index (Phi) is 32.3. The number of unbranched alkanes of at least 4 members (excludes halogenated alkanes) is 22. The molecule has 1 atom stereocenters. The van der Waals surface area contributed by atoms with Crippen molar-refractivity contribution in [3.8, 4) is 0 Å². The van der Waals surface area contributed by atoms with Crippen molar-refractivity contribution in [1.82, 2.24) is 0 Å². The second kappa shape index (κ2) is 38.0. The van der Waals surface area contributed by atoms with E-state index in [0.29, 0.717) is 38.8 Å². The van der Waals surface area contributed by atoms with E-state index in [-0.39, 0.29) is 28.4 Å². The third kappa shape index (κ3) is 23.5. The lowest BCUT2D eigenvalue weighted by atomic mass is 9.78. The SMILES string of the molecule is CC1(C)C(=CC=CC=CC=CC2N(CCCCS(=O)(=O)O)c3ccc4ccccc4c3C2(C)C)N(CCCCS(=O)(=O)O)c2ccc3ccccc3c21.CCCCCCCCCCCCCC[P+](CCCCCC)(CCCCCC)CCCCCC. The van der Waals surface area contributed by atoms with Crippen molar-refractivity contribution in [2.75, 3.05) is 59.0 Å². The smallest absolute Gasteiger partial charge is 0.264 e. The van der Waals surface area contributed by atoms with Gasteiger partial charge in [0.2, 0.25) is 0 Å². The van der Waals surface area contributed by atoms with E-state index in [1.807, 2.05) is 30.4 Å². The third-order valence-electron chi connectivity index (χ3n) is 18.7. The molecule has 86 heavy (non-hydrogen) atoms. The molecule has 0 aliphatic carbocycles. The van der Waals surface area contributed by atoms with Crippen LogP contribution in [0.3, 0.4) is 0 Å². The summed E-state index contributed by atoms with van der Waals surface area (Å²) < 4.78 is 64.1. The first-order valence-electron chi connectivity index (χ1n) is 34.4. The molecule has 1 unspecified atom stereocenters. The van der Waals surface area contributed by atoms with Crippen LogP contribution in [0.1, 0.15) is 246 Å². The Balaban J connectivity index is 0.000000354. The van der Waals surface area contributed by atoms with Crippen molar-refractivity contribution in [1.29, 1.82) is 0 Å². The molecule has 0 fully saturated rings. The molecular formula is C75H118N2O6PS2+. The Bertz CT molecular complexity index is 2930. The Morgan fingerprint density at radius 2 is 0.837 bits per heavy atom. The van der Waals surface area contributed by atoms with Crippen LogP contribution in [0, 0.1) is 0 Å². The molecule has 480 valence electrons. The molecule has 6 rings (SSSR count). The van der Waals surface area contributed by atoms with Crippen LogP contribution in [-0.4, -0.2) is 81.2 Å². The largest absolute Gasteiger partial charge is 0.364 e. The number of allylic oxidation sites excluding steroid dienone is 7. The second-order valence-electron chi connectivity index (χ2n) is 26.5. The van der Waals surface area contributed by atoms with Gasteiger partial charge in [0.05, 0.1) is 42.2 Å². The van der Waals surface area contributed by atoms with E-state index in [4.69, 9.17) is 0 Å². The van der Waals surface area contributed by atoms with Crippen LogP contribution in [0.25, 0.3) is 21.5 Å². The maximum Gasteiger partial charge on any atom is 0.264 e. The van der Waals surface area contributed by atoms with Gasteiger partial charge in [-0.05, 0) is 128 Å². The zero-order chi connectivity index (χ0) is 62.3. The molecular weight excluding hydrogens is 1120 g/mol. The average molecular weight is 1240 g/mol. The average Bonchev–Trinajstić information content (AvgIpc) is 1.61. The Labute approximate surface area is 526 Å². The van der Waals surface area contributed by atoms with Crippen LogP contribution in [0.2, 0.25) is 0 Å². The minimum absolute atomic E-state index is 0.0341. The predicted octanol–water partition coefficient (Wildman–Crippen LogP) is 21.6. The third-order valence-corrected chi connectivity index (χ3v) is 25.4. The monoisotopic (exact) mass is 1240 g/mol. The minimum Gasteiger partial charge on any atom is -0.364 e. The van der Waals surface area contributed by atoms with E-state index in [1.165, 1.54) is 161 Å². The fourth-order valence-corrected chi connectivity index (χ4v) is 20.0. The first-order chi connectivity index (χ1) is 41.3. The first kappa shape index (κ1) is 73.0. The zero-order valence-electron chi connectivity index (χ0n) is 55.2. The van der Waals surface area contributed by atoms with Crippen LogP contribution >= 0.6 is 7.26 Å². The van der Waals surface area contributed by atoms with Crippen LogP contribution in [0.5, 0.6) is 0 Å². The highest BCUT2D eigenvalue weighted by Crippen LogP contribution is 2.62. The highest BCUT2D eigenvalue weighted by atomic mass is 32.2. The summed E-state index contributed by atoms with van der Waals surface area (Å²) in [5.41, 5.74) is 5.41. The van der Waals surface area contributed by atoms with E-state index in [2.05, 4.69) is 150 Å². The molecule has 0 radical (unpaired) electrons. The van der Waals surface area contributed by atoms with E-state index in [9.17, 15) is 25.9 Å². The molecule has 0 amide bonds. The number of fused-ring (bicyclic) bond motifs is 6. The van der Waals surface area contributed by atoms with Crippen molar-refractivity contribution < 1.29 is 25.9 Å². The maximum absolute atomic E-state index is 11.4. The Morgan fingerprint density at radius 3 is 1.31 bits per heavy atom. The van der Waals surface area contributed by atoms with Gasteiger partial charge in [0.15, 0.2) is 0 Å². The van der Waals surface area contributed by atoms with Crippen molar-refractivity contribution in [3.63, 3.8) is 0 Å². The number of hydrogen-bond donors (Lipinski definition) is 2. The molecule has 11 heteroatoms. The Hall–Kier alpha value is -3.79. The van der Waals surface area contributed by atoms with Gasteiger partial charge in [-0.2, -0.15) is 16.8 Å². The number of rotatable bonds is 42. The Morgan fingerprint density at radius 1 is 0.442 bits per heavy atom. The summed E-state index contributed by atoms with van der Waals surface area (Å²) in [5.74, 6) is -0.495. The van der Waals surface area contributed by atoms with E-state index in [1.54, 1.807) is 50.3 Å². The summed E-state index contributed by atoms with van der Waals surface area (Å²) in [6.45, 7) is 19.7. The van der Waals surface area contributed by atoms with Crippen molar-refractivity contribution in [3.05, 3.63) is 132 Å². The van der Waals surface area contributed by atoms with Crippen LogP contribution < -0.4 is 9.80 Å². The van der Waals surface area contributed by atoms with Gasteiger partial charge in [-0.25, -0.2) is 0 Å². The molecule has 0 saturated carbocycles. The summed E-state index contributed by atoms with van der Waals surface area (Å²) in [4.78, 5) is 4.65. The number of anilines is 2. The molecule has 0 spiro atoms. The summed E-state index contributed by atoms with van der Waals surface area (Å²) >= 11 is 0. The van der Waals surface area contributed by atoms with Gasteiger partial charge in [-0.3, -0.25) is 9.11 Å². The summed E-state index contributed by atoms with van der Waals surface area (Å²) in [6.07, 6.45) is 58.6. The zero-order valence-corrected chi connectivity index (χ0v) is 57.7. The second-order valence-corrected chi connectivity index (χ2v) is 34.1. The lowest BCUT2D eigenvalue weighted by Crippen LogP contribution is -2.40. The van der Waals surface area contributed by atoms with Gasteiger partial charge in [0, 0.05) is 48.3 Å². The number of nitrogens with zero attached hydrogens (tertiary/aromatic N) is 2.